The van der Waals surface area contributed by atoms with Gasteiger partial charge in [-0.2, -0.15) is 0 Å². The van der Waals surface area contributed by atoms with Crippen LogP contribution >= 0.6 is 0 Å². The van der Waals surface area contributed by atoms with Gasteiger partial charge in [-0.3, -0.25) is 4.79 Å². The van der Waals surface area contributed by atoms with E-state index in [4.69, 9.17) is 5.11 Å². The molecule has 4 nitrogen and oxygen atoms in total. The number of aliphatic hydroxyl groups is 1. The van der Waals surface area contributed by atoms with E-state index in [0.29, 0.717) is 12.3 Å². The number of anilines is 1. The molecule has 3 N–H and O–H groups in total. The van der Waals surface area contributed by atoms with Crippen molar-refractivity contribution in [3.63, 3.8) is 0 Å². The SMILES string of the molecule is O=C(CCC1CCNC1)Nc1cccc(CO)c1. The third-order valence-electron chi connectivity index (χ3n) is 3.34. The first-order valence-corrected chi connectivity index (χ1v) is 6.48. The molecule has 2 rings (SSSR count). The lowest BCUT2D eigenvalue weighted by atomic mass is 10.0. The molecule has 0 bridgehead atoms. The Morgan fingerprint density at radius 1 is 1.50 bits per heavy atom. The molecule has 4 heteroatoms. The van der Waals surface area contributed by atoms with Crippen LogP contribution in [-0.4, -0.2) is 24.1 Å². The number of rotatable bonds is 5. The number of aliphatic hydroxyl groups excluding tert-OH is 1. The van der Waals surface area contributed by atoms with E-state index >= 15 is 0 Å². The zero-order chi connectivity index (χ0) is 12.8. The average molecular weight is 248 g/mol. The Labute approximate surface area is 107 Å². The van der Waals surface area contributed by atoms with E-state index in [-0.39, 0.29) is 12.5 Å². The Hall–Kier alpha value is -1.39. The van der Waals surface area contributed by atoms with Gasteiger partial charge >= 0.3 is 0 Å². The lowest BCUT2D eigenvalue weighted by Crippen LogP contribution is -2.15. The average Bonchev–Trinajstić information content (AvgIpc) is 2.90. The molecule has 1 amide bonds. The number of carbonyl (C=O) groups is 1. The summed E-state index contributed by atoms with van der Waals surface area (Å²) in [7, 11) is 0. The first kappa shape index (κ1) is 13.1. The first-order valence-electron chi connectivity index (χ1n) is 6.48. The van der Waals surface area contributed by atoms with Gasteiger partial charge in [-0.15, -0.1) is 0 Å². The van der Waals surface area contributed by atoms with E-state index in [0.717, 1.165) is 30.8 Å². The minimum Gasteiger partial charge on any atom is -0.392 e. The molecule has 1 aliphatic rings. The highest BCUT2D eigenvalue weighted by molar-refractivity contribution is 5.90. The van der Waals surface area contributed by atoms with E-state index < -0.39 is 0 Å². The van der Waals surface area contributed by atoms with Crippen molar-refractivity contribution in [3.8, 4) is 0 Å². The second-order valence-electron chi connectivity index (χ2n) is 4.80. The van der Waals surface area contributed by atoms with Crippen LogP contribution in [0.15, 0.2) is 24.3 Å². The standard InChI is InChI=1S/C14H20N2O2/c17-10-12-2-1-3-13(8-12)16-14(18)5-4-11-6-7-15-9-11/h1-3,8,11,15,17H,4-7,9-10H2,(H,16,18). The van der Waals surface area contributed by atoms with Gasteiger partial charge < -0.3 is 15.7 Å². The molecule has 98 valence electrons. The molecule has 1 unspecified atom stereocenters. The number of amides is 1. The zero-order valence-corrected chi connectivity index (χ0v) is 10.5. The first-order chi connectivity index (χ1) is 8.78. The molecule has 18 heavy (non-hydrogen) atoms. The predicted octanol–water partition coefficient (Wildman–Crippen LogP) is 1.51. The van der Waals surface area contributed by atoms with Gasteiger partial charge in [-0.1, -0.05) is 12.1 Å². The molecule has 1 heterocycles. The summed E-state index contributed by atoms with van der Waals surface area (Å²) in [5.74, 6) is 0.691. The third kappa shape index (κ3) is 3.82. The monoisotopic (exact) mass is 248 g/mol. The molecular weight excluding hydrogens is 228 g/mol. The highest BCUT2D eigenvalue weighted by Crippen LogP contribution is 2.16. The summed E-state index contributed by atoms with van der Waals surface area (Å²) in [5, 5.41) is 15.2. The number of nitrogens with one attached hydrogen (secondary N) is 2. The molecule has 1 atom stereocenters. The van der Waals surface area contributed by atoms with Gasteiger partial charge in [0, 0.05) is 12.1 Å². The van der Waals surface area contributed by atoms with E-state index in [1.807, 2.05) is 18.2 Å². The fourth-order valence-electron chi connectivity index (χ4n) is 2.27. The zero-order valence-electron chi connectivity index (χ0n) is 10.5. The van der Waals surface area contributed by atoms with Crippen molar-refractivity contribution in [2.75, 3.05) is 18.4 Å². The maximum Gasteiger partial charge on any atom is 0.224 e. The molecule has 0 saturated carbocycles. The fourth-order valence-corrected chi connectivity index (χ4v) is 2.27. The van der Waals surface area contributed by atoms with Crippen molar-refractivity contribution >= 4 is 11.6 Å². The molecule has 1 fully saturated rings. The van der Waals surface area contributed by atoms with E-state index in [1.165, 1.54) is 6.42 Å². The Bertz CT molecular complexity index is 401. The molecule has 0 radical (unpaired) electrons. The molecule has 0 spiro atoms. The summed E-state index contributed by atoms with van der Waals surface area (Å²) in [6.45, 7) is 2.11. The molecule has 0 aromatic heterocycles. The van der Waals surface area contributed by atoms with Gasteiger partial charge in [0.25, 0.3) is 0 Å². The van der Waals surface area contributed by atoms with Crippen molar-refractivity contribution in [1.29, 1.82) is 0 Å². The Kier molecular flexibility index (Phi) is 4.73. The quantitative estimate of drug-likeness (QED) is 0.740. The summed E-state index contributed by atoms with van der Waals surface area (Å²) in [6, 6.07) is 7.31. The van der Waals surface area contributed by atoms with E-state index in [9.17, 15) is 4.79 Å². The van der Waals surface area contributed by atoms with Crippen molar-refractivity contribution in [3.05, 3.63) is 29.8 Å². The Morgan fingerprint density at radius 3 is 3.11 bits per heavy atom. The van der Waals surface area contributed by atoms with E-state index in [1.54, 1.807) is 6.07 Å². The topological polar surface area (TPSA) is 61.4 Å². The van der Waals surface area contributed by atoms with Gasteiger partial charge in [-0.25, -0.2) is 0 Å². The minimum atomic E-state index is -0.00253. The van der Waals surface area contributed by atoms with Gasteiger partial charge in [0.15, 0.2) is 0 Å². The van der Waals surface area contributed by atoms with E-state index in [2.05, 4.69) is 10.6 Å². The van der Waals surface area contributed by atoms with Gasteiger partial charge in [0.1, 0.15) is 0 Å². The predicted molar refractivity (Wildman–Crippen MR) is 71.2 cm³/mol. The van der Waals surface area contributed by atoms with Crippen molar-refractivity contribution in [2.24, 2.45) is 5.92 Å². The number of benzene rings is 1. The minimum absolute atomic E-state index is 0.00253. The van der Waals surface area contributed by atoms with Crippen LogP contribution in [0.3, 0.4) is 0 Å². The highest BCUT2D eigenvalue weighted by Gasteiger charge is 2.15. The lowest BCUT2D eigenvalue weighted by molar-refractivity contribution is -0.116. The molecule has 1 aromatic rings. The maximum atomic E-state index is 11.8. The smallest absolute Gasteiger partial charge is 0.224 e. The Balaban J connectivity index is 1.78. The van der Waals surface area contributed by atoms with Crippen LogP contribution in [-0.2, 0) is 11.4 Å². The largest absolute Gasteiger partial charge is 0.392 e. The summed E-state index contributed by atoms with van der Waals surface area (Å²) in [6.07, 6.45) is 2.68. The fraction of sp³-hybridized carbons (Fsp3) is 0.500. The molecule has 1 aliphatic heterocycles. The second kappa shape index (κ2) is 6.52. The number of carbonyl (C=O) groups excluding carboxylic acids is 1. The number of hydrogen-bond acceptors (Lipinski definition) is 3. The molecule has 1 aromatic carbocycles. The maximum absolute atomic E-state index is 11.8. The van der Waals surface area contributed by atoms with Crippen LogP contribution in [0.5, 0.6) is 0 Å². The van der Waals surface area contributed by atoms with Crippen molar-refractivity contribution < 1.29 is 9.90 Å². The van der Waals surface area contributed by atoms with Crippen LogP contribution in [0.4, 0.5) is 5.69 Å². The van der Waals surface area contributed by atoms with Crippen LogP contribution in [0, 0.1) is 5.92 Å². The van der Waals surface area contributed by atoms with Crippen LogP contribution in [0.25, 0.3) is 0 Å². The number of hydrogen-bond donors (Lipinski definition) is 3. The lowest BCUT2D eigenvalue weighted by Gasteiger charge is -2.09. The van der Waals surface area contributed by atoms with Crippen molar-refractivity contribution in [1.82, 2.24) is 5.32 Å². The molecule has 0 aliphatic carbocycles. The summed E-state index contributed by atoms with van der Waals surface area (Å²) >= 11 is 0. The van der Waals surface area contributed by atoms with Gasteiger partial charge in [0.05, 0.1) is 6.61 Å². The van der Waals surface area contributed by atoms with Crippen molar-refractivity contribution in [2.45, 2.75) is 25.9 Å². The van der Waals surface area contributed by atoms with Crippen LogP contribution in [0.2, 0.25) is 0 Å². The van der Waals surface area contributed by atoms with Crippen LogP contribution < -0.4 is 10.6 Å². The molecular formula is C14H20N2O2. The van der Waals surface area contributed by atoms with Crippen LogP contribution in [0.1, 0.15) is 24.8 Å². The molecule has 1 saturated heterocycles. The summed E-state index contributed by atoms with van der Waals surface area (Å²) in [4.78, 5) is 11.8. The summed E-state index contributed by atoms with van der Waals surface area (Å²) in [5.41, 5.74) is 1.57. The highest BCUT2D eigenvalue weighted by atomic mass is 16.3. The third-order valence-corrected chi connectivity index (χ3v) is 3.34. The summed E-state index contributed by atoms with van der Waals surface area (Å²) < 4.78 is 0. The second-order valence-corrected chi connectivity index (χ2v) is 4.80. The Morgan fingerprint density at radius 2 is 2.39 bits per heavy atom. The van der Waals surface area contributed by atoms with Gasteiger partial charge in [-0.05, 0) is 49.5 Å². The van der Waals surface area contributed by atoms with Gasteiger partial charge in [0.2, 0.25) is 5.91 Å². The normalized spacial score (nSPS) is 18.8.